The lowest BCUT2D eigenvalue weighted by atomic mass is 9.95. The Bertz CT molecular complexity index is 168. The summed E-state index contributed by atoms with van der Waals surface area (Å²) < 4.78 is 5.01. The predicted molar refractivity (Wildman–Crippen MR) is 35.3 cm³/mol. The molecule has 52 valence electrons. The maximum absolute atomic E-state index is 8.73. The van der Waals surface area contributed by atoms with E-state index in [0.717, 1.165) is 0 Å². The molecule has 1 N–H and O–H groups in total. The van der Waals surface area contributed by atoms with E-state index in [0.29, 0.717) is 12.8 Å². The van der Waals surface area contributed by atoms with E-state index in [2.05, 4.69) is 0 Å². The van der Waals surface area contributed by atoms with Crippen LogP contribution in [-0.4, -0.2) is 31.2 Å². The number of nitrogens with zero attached hydrogens (tertiary/aromatic N) is 1. The third kappa shape index (κ3) is 1.15. The predicted octanol–water partition coefficient (Wildman–Crippen LogP) is -0.454. The number of aliphatic hydroxyl groups is 1. The molecule has 0 aromatic heterocycles. The molecule has 0 aliphatic carbocycles. The molecule has 1 aliphatic heterocycles. The van der Waals surface area contributed by atoms with Gasteiger partial charge in [0.1, 0.15) is 13.9 Å². The molecule has 1 heterocycles. The second kappa shape index (κ2) is 2.61. The number of hydrogen-bond donors (Lipinski definition) is 1. The molecule has 0 unspecified atom stereocenters. The van der Waals surface area contributed by atoms with Crippen molar-refractivity contribution in [2.75, 3.05) is 6.61 Å². The fourth-order valence-corrected chi connectivity index (χ4v) is 1.02. The minimum absolute atomic E-state index is 0.267. The Morgan fingerprint density at radius 2 is 2.60 bits per heavy atom. The molecule has 2 atom stereocenters. The van der Waals surface area contributed by atoms with Gasteiger partial charge in [0, 0.05) is 6.00 Å². The van der Waals surface area contributed by atoms with Crippen LogP contribution in [0.4, 0.5) is 0 Å². The van der Waals surface area contributed by atoms with Crippen molar-refractivity contribution < 1.29 is 9.84 Å². The van der Waals surface area contributed by atoms with Gasteiger partial charge in [0.25, 0.3) is 0 Å². The van der Waals surface area contributed by atoms with Gasteiger partial charge in [-0.1, -0.05) is 0 Å². The van der Waals surface area contributed by atoms with Crippen LogP contribution < -0.4 is 0 Å². The molecule has 2 radical (unpaired) electrons. The van der Waals surface area contributed by atoms with E-state index in [1.165, 1.54) is 0 Å². The molecule has 4 heteroatoms. The van der Waals surface area contributed by atoms with Crippen molar-refractivity contribution in [1.29, 1.82) is 5.26 Å². The summed E-state index contributed by atoms with van der Waals surface area (Å²) in [7, 11) is 5.38. The summed E-state index contributed by atoms with van der Waals surface area (Å²) in [6.07, 6.45) is 1.18. The van der Waals surface area contributed by atoms with E-state index in [9.17, 15) is 0 Å². The lowest BCUT2D eigenvalue weighted by Gasteiger charge is -2.17. The summed E-state index contributed by atoms with van der Waals surface area (Å²) >= 11 is 0. The van der Waals surface area contributed by atoms with E-state index >= 15 is 0 Å². The Labute approximate surface area is 61.0 Å². The van der Waals surface area contributed by atoms with E-state index in [1.54, 1.807) is 0 Å². The monoisotopic (exact) mass is 137 g/mol. The van der Waals surface area contributed by atoms with Gasteiger partial charge >= 0.3 is 0 Å². The lowest BCUT2D eigenvalue weighted by molar-refractivity contribution is -0.00905. The molecule has 1 fully saturated rings. The first-order valence-electron chi connectivity index (χ1n) is 3.18. The maximum Gasteiger partial charge on any atom is 0.176 e. The Hall–Kier alpha value is -0.525. The molecule has 1 saturated heterocycles. The van der Waals surface area contributed by atoms with Gasteiger partial charge in [-0.05, 0) is 12.8 Å². The van der Waals surface area contributed by atoms with Gasteiger partial charge < -0.3 is 9.84 Å². The molecule has 0 amide bonds. The highest BCUT2D eigenvalue weighted by molar-refractivity contribution is 6.11. The minimum Gasteiger partial charge on any atom is -0.392 e. The fourth-order valence-electron chi connectivity index (χ4n) is 1.02. The minimum atomic E-state index is -1.01. The largest absolute Gasteiger partial charge is 0.392 e. The lowest BCUT2D eigenvalue weighted by Crippen LogP contribution is -2.31. The topological polar surface area (TPSA) is 53.2 Å². The van der Waals surface area contributed by atoms with Crippen LogP contribution in [0.3, 0.4) is 0 Å². The molecule has 1 rings (SSSR count). The van der Waals surface area contributed by atoms with Crippen molar-refractivity contribution in [3.63, 3.8) is 0 Å². The summed E-state index contributed by atoms with van der Waals surface area (Å²) in [5.74, 6) is 0. The van der Waals surface area contributed by atoms with Crippen LogP contribution in [0.1, 0.15) is 12.8 Å². The van der Waals surface area contributed by atoms with E-state index in [4.69, 9.17) is 23.0 Å². The van der Waals surface area contributed by atoms with Gasteiger partial charge in [-0.15, -0.1) is 0 Å². The van der Waals surface area contributed by atoms with Crippen LogP contribution in [0.25, 0.3) is 0 Å². The normalized spacial score (nSPS) is 39.4. The number of ether oxygens (including phenoxy) is 1. The molecule has 0 spiro atoms. The highest BCUT2D eigenvalue weighted by Gasteiger charge is 2.37. The maximum atomic E-state index is 8.73. The Morgan fingerprint density at radius 1 is 1.90 bits per heavy atom. The summed E-state index contributed by atoms with van der Waals surface area (Å²) in [5.41, 5.74) is -1.01. The summed E-state index contributed by atoms with van der Waals surface area (Å²) in [5, 5.41) is 17.3. The number of hydrogen-bond acceptors (Lipinski definition) is 3. The van der Waals surface area contributed by atoms with Gasteiger partial charge in [-0.2, -0.15) is 5.26 Å². The molecular formula is C6H8BNO2. The zero-order valence-corrected chi connectivity index (χ0v) is 5.58. The summed E-state index contributed by atoms with van der Waals surface area (Å²) in [6, 6.07) is 1.52. The van der Waals surface area contributed by atoms with Crippen LogP contribution in [0, 0.1) is 11.3 Å². The third-order valence-corrected chi connectivity index (χ3v) is 1.67. The van der Waals surface area contributed by atoms with Crippen LogP contribution in [0.5, 0.6) is 0 Å². The zero-order valence-electron chi connectivity index (χ0n) is 5.58. The van der Waals surface area contributed by atoms with Gasteiger partial charge in [-0.3, -0.25) is 0 Å². The highest BCUT2D eigenvalue weighted by atomic mass is 16.5. The van der Waals surface area contributed by atoms with Crippen LogP contribution in [0.15, 0.2) is 0 Å². The number of aliphatic hydroxyl groups excluding tert-OH is 1. The molecule has 0 aromatic rings. The molecule has 0 aromatic carbocycles. The van der Waals surface area contributed by atoms with E-state index in [-0.39, 0.29) is 12.6 Å². The first-order valence-corrected chi connectivity index (χ1v) is 3.18. The second-order valence-corrected chi connectivity index (χ2v) is 2.46. The van der Waals surface area contributed by atoms with Crippen molar-refractivity contribution in [3.8, 4) is 6.07 Å². The Morgan fingerprint density at radius 3 is 2.80 bits per heavy atom. The van der Waals surface area contributed by atoms with Crippen molar-refractivity contribution >= 4 is 7.85 Å². The highest BCUT2D eigenvalue weighted by Crippen LogP contribution is 2.27. The average Bonchev–Trinajstić information content (AvgIpc) is 2.33. The van der Waals surface area contributed by atoms with Crippen molar-refractivity contribution in [3.05, 3.63) is 0 Å². The summed E-state index contributed by atoms with van der Waals surface area (Å²) in [4.78, 5) is 0. The molecule has 1 aliphatic rings. The van der Waals surface area contributed by atoms with Gasteiger partial charge in [0.2, 0.25) is 0 Å². The van der Waals surface area contributed by atoms with Crippen molar-refractivity contribution in [2.24, 2.45) is 0 Å². The van der Waals surface area contributed by atoms with Gasteiger partial charge in [0.15, 0.2) is 5.60 Å². The average molecular weight is 137 g/mol. The van der Waals surface area contributed by atoms with E-state index in [1.807, 2.05) is 6.07 Å². The fraction of sp³-hybridized carbons (Fsp3) is 0.833. The smallest absolute Gasteiger partial charge is 0.176 e. The molecule has 10 heavy (non-hydrogen) atoms. The third-order valence-electron chi connectivity index (χ3n) is 1.67. The molecule has 0 bridgehead atoms. The van der Waals surface area contributed by atoms with Gasteiger partial charge in [-0.25, -0.2) is 0 Å². The summed E-state index contributed by atoms with van der Waals surface area (Å²) in [6.45, 7) is -0.267. The van der Waals surface area contributed by atoms with Crippen LogP contribution >= 0.6 is 0 Å². The van der Waals surface area contributed by atoms with Crippen molar-refractivity contribution in [2.45, 2.75) is 24.4 Å². The molecule has 3 nitrogen and oxygen atoms in total. The SMILES string of the molecule is [B][C@H]1CC[C@@](C#N)(CO)O1. The standard InChI is InChI=1S/C6H8BNO2/c7-5-1-2-6(3-8,4-9)10-5/h5,9H,1-2,4H2/t5-,6-/m1/s1. The van der Waals surface area contributed by atoms with Crippen LogP contribution in [0.2, 0.25) is 0 Å². The van der Waals surface area contributed by atoms with E-state index < -0.39 is 5.60 Å². The first-order chi connectivity index (χ1) is 4.72. The Kier molecular flexibility index (Phi) is 1.98. The zero-order chi connectivity index (χ0) is 7.61. The quantitative estimate of drug-likeness (QED) is 0.497. The molecule has 0 saturated carbocycles. The Balaban J connectivity index is 2.62. The van der Waals surface area contributed by atoms with Gasteiger partial charge in [0.05, 0.1) is 6.61 Å². The van der Waals surface area contributed by atoms with Crippen LogP contribution in [-0.2, 0) is 4.74 Å². The van der Waals surface area contributed by atoms with Crippen molar-refractivity contribution in [1.82, 2.24) is 0 Å². The number of rotatable bonds is 1. The number of nitriles is 1. The second-order valence-electron chi connectivity index (χ2n) is 2.46. The first kappa shape index (κ1) is 7.58. The molecular weight excluding hydrogens is 129 g/mol.